The molecule has 3 heteroatoms. The van der Waals surface area contributed by atoms with Crippen LogP contribution in [0.25, 0.3) is 0 Å². The zero-order valence-electron chi connectivity index (χ0n) is 9.21. The number of esters is 1. The molecule has 0 aliphatic carbocycles. The summed E-state index contributed by atoms with van der Waals surface area (Å²) in [5.41, 5.74) is 0. The third kappa shape index (κ3) is 3.29. The van der Waals surface area contributed by atoms with Crippen molar-refractivity contribution in [1.82, 2.24) is 5.32 Å². The third-order valence-electron chi connectivity index (χ3n) is 3.02. The van der Waals surface area contributed by atoms with E-state index in [9.17, 15) is 4.79 Å². The molecule has 82 valence electrons. The van der Waals surface area contributed by atoms with E-state index in [4.69, 9.17) is 4.74 Å². The zero-order valence-corrected chi connectivity index (χ0v) is 9.21. The lowest BCUT2D eigenvalue weighted by Gasteiger charge is -2.30. The van der Waals surface area contributed by atoms with Crippen molar-refractivity contribution in [3.63, 3.8) is 0 Å². The number of hydrogen-bond donors (Lipinski definition) is 1. The van der Waals surface area contributed by atoms with Crippen LogP contribution in [-0.4, -0.2) is 25.7 Å². The van der Waals surface area contributed by atoms with Gasteiger partial charge < -0.3 is 10.1 Å². The second kappa shape index (κ2) is 6.02. The Labute approximate surface area is 86.2 Å². The SMILES string of the molecule is CCOC(=O)C[C@H]1CCNC[C@@H]1CC. The molecular formula is C11H21NO2. The van der Waals surface area contributed by atoms with Crippen LogP contribution in [0, 0.1) is 11.8 Å². The maximum Gasteiger partial charge on any atom is 0.306 e. The van der Waals surface area contributed by atoms with Gasteiger partial charge in [0.15, 0.2) is 0 Å². The van der Waals surface area contributed by atoms with E-state index in [0.717, 1.165) is 25.9 Å². The van der Waals surface area contributed by atoms with Gasteiger partial charge in [-0.1, -0.05) is 13.3 Å². The molecule has 1 fully saturated rings. The Hall–Kier alpha value is -0.570. The normalized spacial score (nSPS) is 27.3. The van der Waals surface area contributed by atoms with Crippen LogP contribution in [0.5, 0.6) is 0 Å². The largest absolute Gasteiger partial charge is 0.466 e. The van der Waals surface area contributed by atoms with Crippen molar-refractivity contribution in [2.24, 2.45) is 11.8 Å². The molecule has 0 saturated carbocycles. The fraction of sp³-hybridized carbons (Fsp3) is 0.909. The monoisotopic (exact) mass is 199 g/mol. The lowest BCUT2D eigenvalue weighted by molar-refractivity contribution is -0.144. The van der Waals surface area contributed by atoms with Gasteiger partial charge in [-0.2, -0.15) is 0 Å². The van der Waals surface area contributed by atoms with Crippen molar-refractivity contribution in [3.05, 3.63) is 0 Å². The average Bonchev–Trinajstić information content (AvgIpc) is 2.19. The van der Waals surface area contributed by atoms with Crippen molar-refractivity contribution < 1.29 is 9.53 Å². The fourth-order valence-electron chi connectivity index (χ4n) is 2.16. The van der Waals surface area contributed by atoms with Crippen molar-refractivity contribution in [2.45, 2.75) is 33.1 Å². The molecule has 1 aliphatic heterocycles. The minimum atomic E-state index is -0.0298. The molecule has 2 atom stereocenters. The molecule has 1 aliphatic rings. The molecule has 0 aromatic rings. The van der Waals surface area contributed by atoms with Crippen molar-refractivity contribution >= 4 is 5.97 Å². The summed E-state index contributed by atoms with van der Waals surface area (Å²) >= 11 is 0. The first kappa shape index (κ1) is 11.5. The van der Waals surface area contributed by atoms with E-state index < -0.39 is 0 Å². The summed E-state index contributed by atoms with van der Waals surface area (Å²) in [6.45, 7) is 6.65. The number of rotatable bonds is 4. The van der Waals surface area contributed by atoms with Crippen LogP contribution >= 0.6 is 0 Å². The number of hydrogen-bond acceptors (Lipinski definition) is 3. The summed E-state index contributed by atoms with van der Waals surface area (Å²) in [5.74, 6) is 1.14. The Morgan fingerprint density at radius 3 is 2.86 bits per heavy atom. The molecule has 1 N–H and O–H groups in total. The van der Waals surface area contributed by atoms with Gasteiger partial charge in [0.05, 0.1) is 6.61 Å². The quantitative estimate of drug-likeness (QED) is 0.698. The maximum atomic E-state index is 11.3. The van der Waals surface area contributed by atoms with Gasteiger partial charge in [0.2, 0.25) is 0 Å². The van der Waals surface area contributed by atoms with E-state index >= 15 is 0 Å². The van der Waals surface area contributed by atoms with E-state index in [-0.39, 0.29) is 5.97 Å². The fourth-order valence-corrected chi connectivity index (χ4v) is 2.16. The predicted molar refractivity (Wildman–Crippen MR) is 56.0 cm³/mol. The predicted octanol–water partition coefficient (Wildman–Crippen LogP) is 1.58. The molecule has 1 heterocycles. The maximum absolute atomic E-state index is 11.3. The van der Waals surface area contributed by atoms with Gasteiger partial charge in [-0.3, -0.25) is 4.79 Å². The van der Waals surface area contributed by atoms with Gasteiger partial charge in [-0.05, 0) is 38.3 Å². The number of piperidine rings is 1. The molecular weight excluding hydrogens is 178 g/mol. The summed E-state index contributed by atoms with van der Waals surface area (Å²) in [7, 11) is 0. The molecule has 0 unspecified atom stereocenters. The van der Waals surface area contributed by atoms with E-state index in [1.807, 2.05) is 6.92 Å². The summed E-state index contributed by atoms with van der Waals surface area (Å²) in [4.78, 5) is 11.3. The van der Waals surface area contributed by atoms with Gasteiger partial charge >= 0.3 is 5.97 Å². The lowest BCUT2D eigenvalue weighted by Crippen LogP contribution is -2.37. The van der Waals surface area contributed by atoms with Crippen LogP contribution in [0.4, 0.5) is 0 Å². The topological polar surface area (TPSA) is 38.3 Å². The van der Waals surface area contributed by atoms with Crippen LogP contribution in [0.1, 0.15) is 33.1 Å². The first-order valence-corrected chi connectivity index (χ1v) is 5.64. The molecule has 0 aromatic heterocycles. The second-order valence-corrected chi connectivity index (χ2v) is 3.93. The first-order valence-electron chi connectivity index (χ1n) is 5.64. The van der Waals surface area contributed by atoms with Gasteiger partial charge in [-0.25, -0.2) is 0 Å². The van der Waals surface area contributed by atoms with Gasteiger partial charge in [0.25, 0.3) is 0 Å². The minimum absolute atomic E-state index is 0.0298. The Balaban J connectivity index is 2.36. The molecule has 0 bridgehead atoms. The van der Waals surface area contributed by atoms with Crippen LogP contribution in [-0.2, 0) is 9.53 Å². The zero-order chi connectivity index (χ0) is 10.4. The summed E-state index contributed by atoms with van der Waals surface area (Å²) < 4.78 is 4.98. The standard InChI is InChI=1S/C11H21NO2/c1-3-9-8-12-6-5-10(9)7-11(13)14-4-2/h9-10,12H,3-8H2,1-2H3/t9-,10+/m0/s1. The minimum Gasteiger partial charge on any atom is -0.466 e. The van der Waals surface area contributed by atoms with Gasteiger partial charge in [0.1, 0.15) is 0 Å². The summed E-state index contributed by atoms with van der Waals surface area (Å²) in [6, 6.07) is 0. The number of ether oxygens (including phenoxy) is 1. The number of carbonyl (C=O) groups excluding carboxylic acids is 1. The van der Waals surface area contributed by atoms with Crippen molar-refractivity contribution in [1.29, 1.82) is 0 Å². The molecule has 0 spiro atoms. The lowest BCUT2D eigenvalue weighted by atomic mass is 9.82. The van der Waals surface area contributed by atoms with E-state index in [1.165, 1.54) is 0 Å². The molecule has 0 radical (unpaired) electrons. The van der Waals surface area contributed by atoms with Gasteiger partial charge in [0, 0.05) is 6.42 Å². The highest BCUT2D eigenvalue weighted by Gasteiger charge is 2.25. The number of nitrogens with one attached hydrogen (secondary N) is 1. The third-order valence-corrected chi connectivity index (χ3v) is 3.02. The highest BCUT2D eigenvalue weighted by Crippen LogP contribution is 2.25. The second-order valence-electron chi connectivity index (χ2n) is 3.93. The first-order chi connectivity index (χ1) is 6.77. The molecule has 0 amide bonds. The van der Waals surface area contributed by atoms with Gasteiger partial charge in [-0.15, -0.1) is 0 Å². The Morgan fingerprint density at radius 2 is 2.21 bits per heavy atom. The van der Waals surface area contributed by atoms with Crippen LogP contribution in [0.3, 0.4) is 0 Å². The summed E-state index contributed by atoms with van der Waals surface area (Å²) in [5, 5.41) is 3.37. The Kier molecular flexibility index (Phi) is 4.94. The molecule has 1 rings (SSSR count). The molecule has 0 aromatic carbocycles. The van der Waals surface area contributed by atoms with Crippen LogP contribution in [0.15, 0.2) is 0 Å². The van der Waals surface area contributed by atoms with E-state index in [2.05, 4.69) is 12.2 Å². The number of carbonyl (C=O) groups is 1. The molecule has 3 nitrogen and oxygen atoms in total. The average molecular weight is 199 g/mol. The van der Waals surface area contributed by atoms with E-state index in [1.54, 1.807) is 0 Å². The Morgan fingerprint density at radius 1 is 1.43 bits per heavy atom. The molecule has 1 saturated heterocycles. The highest BCUT2D eigenvalue weighted by atomic mass is 16.5. The summed E-state index contributed by atoms with van der Waals surface area (Å²) in [6.07, 6.45) is 2.86. The van der Waals surface area contributed by atoms with E-state index in [0.29, 0.717) is 24.9 Å². The van der Waals surface area contributed by atoms with Crippen molar-refractivity contribution in [3.8, 4) is 0 Å². The smallest absolute Gasteiger partial charge is 0.306 e. The highest BCUT2D eigenvalue weighted by molar-refractivity contribution is 5.69. The Bertz CT molecular complexity index is 182. The van der Waals surface area contributed by atoms with Crippen LogP contribution < -0.4 is 5.32 Å². The molecule has 14 heavy (non-hydrogen) atoms. The van der Waals surface area contributed by atoms with Crippen molar-refractivity contribution in [2.75, 3.05) is 19.7 Å². The van der Waals surface area contributed by atoms with Crippen LogP contribution in [0.2, 0.25) is 0 Å².